The lowest BCUT2D eigenvalue weighted by atomic mass is 9.90. The van der Waals surface area contributed by atoms with Gasteiger partial charge in [-0.3, -0.25) is 4.79 Å². The lowest BCUT2D eigenvalue weighted by Crippen LogP contribution is -2.39. The second-order valence-electron chi connectivity index (χ2n) is 6.41. The first-order valence-corrected chi connectivity index (χ1v) is 9.23. The quantitative estimate of drug-likeness (QED) is 0.737. The van der Waals surface area contributed by atoms with E-state index >= 15 is 0 Å². The molecule has 0 saturated carbocycles. The zero-order valence-electron chi connectivity index (χ0n) is 14.2. The molecule has 2 aromatic rings. The summed E-state index contributed by atoms with van der Waals surface area (Å²) in [5.41, 5.74) is 1.69. The van der Waals surface area contributed by atoms with E-state index in [1.54, 1.807) is 13.2 Å². The Hall–Kier alpha value is -1.88. The minimum Gasteiger partial charge on any atom is -0.497 e. The summed E-state index contributed by atoms with van der Waals surface area (Å²) in [6, 6.07) is 12.4. The van der Waals surface area contributed by atoms with Crippen molar-refractivity contribution in [2.75, 3.05) is 20.2 Å². The van der Waals surface area contributed by atoms with Gasteiger partial charge >= 0.3 is 0 Å². The molecule has 0 atom stereocenters. The average molecular weight is 406 g/mol. The minimum absolute atomic E-state index is 0.103. The van der Waals surface area contributed by atoms with Crippen LogP contribution in [0, 0.1) is 11.7 Å². The van der Waals surface area contributed by atoms with Crippen LogP contribution in [-0.4, -0.2) is 31.0 Å². The van der Waals surface area contributed by atoms with Crippen LogP contribution in [0.3, 0.4) is 0 Å². The van der Waals surface area contributed by atoms with E-state index in [0.717, 1.165) is 25.0 Å². The Kier molecular flexibility index (Phi) is 5.74. The third-order valence-corrected chi connectivity index (χ3v) is 5.44. The van der Waals surface area contributed by atoms with Crippen molar-refractivity contribution in [2.45, 2.75) is 19.3 Å². The second kappa shape index (κ2) is 8.00. The van der Waals surface area contributed by atoms with Gasteiger partial charge in [0.25, 0.3) is 5.91 Å². The maximum absolute atomic E-state index is 13.4. The third kappa shape index (κ3) is 4.40. The first kappa shape index (κ1) is 17.9. The number of amides is 1. The Morgan fingerprint density at radius 3 is 2.52 bits per heavy atom. The number of ether oxygens (including phenoxy) is 1. The molecule has 0 spiro atoms. The van der Waals surface area contributed by atoms with Crippen LogP contribution in [0.25, 0.3) is 0 Å². The van der Waals surface area contributed by atoms with Crippen LogP contribution in [-0.2, 0) is 6.42 Å². The number of methoxy groups -OCH3 is 1. The fraction of sp³-hybridized carbons (Fsp3) is 0.350. The van der Waals surface area contributed by atoms with Crippen LogP contribution in [0.2, 0.25) is 0 Å². The molecule has 0 bridgehead atoms. The molecule has 132 valence electrons. The van der Waals surface area contributed by atoms with E-state index in [9.17, 15) is 9.18 Å². The molecule has 1 heterocycles. The molecule has 25 heavy (non-hydrogen) atoms. The van der Waals surface area contributed by atoms with Crippen LogP contribution in [0.1, 0.15) is 28.8 Å². The zero-order chi connectivity index (χ0) is 17.8. The molecule has 5 heteroatoms. The van der Waals surface area contributed by atoms with E-state index < -0.39 is 0 Å². The highest BCUT2D eigenvalue weighted by Gasteiger charge is 2.25. The van der Waals surface area contributed by atoms with E-state index in [0.29, 0.717) is 29.0 Å². The first-order valence-electron chi connectivity index (χ1n) is 8.44. The van der Waals surface area contributed by atoms with Crippen molar-refractivity contribution in [3.05, 3.63) is 63.9 Å². The Labute approximate surface area is 155 Å². The predicted molar refractivity (Wildman–Crippen MR) is 99.4 cm³/mol. The number of hydrogen-bond donors (Lipinski definition) is 0. The molecular weight excluding hydrogens is 385 g/mol. The van der Waals surface area contributed by atoms with Gasteiger partial charge in [-0.25, -0.2) is 4.39 Å². The molecule has 1 amide bonds. The number of benzene rings is 2. The number of likely N-dealkylation sites (tertiary alicyclic amines) is 1. The molecule has 1 aliphatic rings. The summed E-state index contributed by atoms with van der Waals surface area (Å²) in [5, 5.41) is 0. The molecule has 1 aliphatic heterocycles. The number of rotatable bonds is 4. The molecule has 3 nitrogen and oxygen atoms in total. The smallest absolute Gasteiger partial charge is 0.255 e. The summed E-state index contributed by atoms with van der Waals surface area (Å²) in [5.74, 6) is 0.938. The summed E-state index contributed by atoms with van der Waals surface area (Å²) in [4.78, 5) is 14.4. The van der Waals surface area contributed by atoms with E-state index in [2.05, 4.69) is 28.1 Å². The van der Waals surface area contributed by atoms with Gasteiger partial charge in [0.2, 0.25) is 0 Å². The van der Waals surface area contributed by atoms with Crippen LogP contribution in [0.5, 0.6) is 5.75 Å². The molecule has 0 radical (unpaired) electrons. The van der Waals surface area contributed by atoms with Crippen LogP contribution in [0.15, 0.2) is 46.9 Å². The van der Waals surface area contributed by atoms with Crippen molar-refractivity contribution < 1.29 is 13.9 Å². The van der Waals surface area contributed by atoms with Crippen molar-refractivity contribution in [3.8, 4) is 5.75 Å². The van der Waals surface area contributed by atoms with Crippen molar-refractivity contribution in [1.29, 1.82) is 0 Å². The largest absolute Gasteiger partial charge is 0.497 e. The van der Waals surface area contributed by atoms with E-state index in [1.165, 1.54) is 17.7 Å². The summed E-state index contributed by atoms with van der Waals surface area (Å²) < 4.78 is 19.3. The van der Waals surface area contributed by atoms with Crippen LogP contribution >= 0.6 is 15.9 Å². The number of carbonyl (C=O) groups excluding carboxylic acids is 1. The van der Waals surface area contributed by atoms with Gasteiger partial charge in [-0.05, 0) is 77.0 Å². The summed E-state index contributed by atoms with van der Waals surface area (Å²) >= 11 is 3.34. The topological polar surface area (TPSA) is 29.5 Å². The van der Waals surface area contributed by atoms with Gasteiger partial charge < -0.3 is 9.64 Å². The van der Waals surface area contributed by atoms with Crippen LogP contribution < -0.4 is 4.74 Å². The molecule has 0 unspecified atom stereocenters. The van der Waals surface area contributed by atoms with Gasteiger partial charge in [0.05, 0.1) is 12.7 Å². The fourth-order valence-electron chi connectivity index (χ4n) is 3.27. The van der Waals surface area contributed by atoms with Gasteiger partial charge in [-0.15, -0.1) is 0 Å². The number of nitrogens with zero attached hydrogens (tertiary/aromatic N) is 1. The predicted octanol–water partition coefficient (Wildman–Crippen LogP) is 4.69. The molecule has 3 rings (SSSR count). The maximum Gasteiger partial charge on any atom is 0.255 e. The molecule has 0 aromatic heterocycles. The molecular formula is C20H21BrFNO2. The zero-order valence-corrected chi connectivity index (χ0v) is 15.8. The molecule has 0 N–H and O–H groups in total. The molecule has 1 fully saturated rings. The summed E-state index contributed by atoms with van der Waals surface area (Å²) in [7, 11) is 1.67. The van der Waals surface area contributed by atoms with Gasteiger partial charge in [-0.2, -0.15) is 0 Å². The van der Waals surface area contributed by atoms with Gasteiger partial charge in [0, 0.05) is 17.6 Å². The normalized spacial score (nSPS) is 15.2. The maximum atomic E-state index is 13.4. The lowest BCUT2D eigenvalue weighted by Gasteiger charge is -2.32. The lowest BCUT2D eigenvalue weighted by molar-refractivity contribution is 0.0689. The number of halogens is 2. The monoisotopic (exact) mass is 405 g/mol. The standard InChI is InChI=1S/C20H21BrFNO2/c1-25-17-5-2-14(3-6-17)12-15-8-10-23(11-9-15)20(24)18-13-16(22)4-7-19(18)21/h2-7,13,15H,8-12H2,1H3. The van der Waals surface area contributed by atoms with E-state index in [1.807, 2.05) is 17.0 Å². The van der Waals surface area contributed by atoms with Crippen molar-refractivity contribution in [2.24, 2.45) is 5.92 Å². The van der Waals surface area contributed by atoms with Gasteiger partial charge in [0.1, 0.15) is 11.6 Å². The highest BCUT2D eigenvalue weighted by Crippen LogP contribution is 2.26. The Morgan fingerprint density at radius 2 is 1.88 bits per heavy atom. The van der Waals surface area contributed by atoms with Crippen LogP contribution in [0.4, 0.5) is 4.39 Å². The Morgan fingerprint density at radius 1 is 1.20 bits per heavy atom. The van der Waals surface area contributed by atoms with E-state index in [-0.39, 0.29) is 11.7 Å². The summed E-state index contributed by atoms with van der Waals surface area (Å²) in [6.45, 7) is 1.42. The highest BCUT2D eigenvalue weighted by atomic mass is 79.9. The third-order valence-electron chi connectivity index (χ3n) is 4.74. The minimum atomic E-state index is -0.388. The van der Waals surface area contributed by atoms with E-state index in [4.69, 9.17) is 4.74 Å². The van der Waals surface area contributed by atoms with Crippen molar-refractivity contribution in [1.82, 2.24) is 4.90 Å². The fourth-order valence-corrected chi connectivity index (χ4v) is 3.68. The number of piperidine rings is 1. The Bertz CT molecular complexity index is 740. The Balaban J connectivity index is 1.57. The first-order chi connectivity index (χ1) is 12.1. The second-order valence-corrected chi connectivity index (χ2v) is 7.27. The van der Waals surface area contributed by atoms with Crippen molar-refractivity contribution >= 4 is 21.8 Å². The van der Waals surface area contributed by atoms with Gasteiger partial charge in [0.15, 0.2) is 0 Å². The average Bonchev–Trinajstić information content (AvgIpc) is 2.64. The van der Waals surface area contributed by atoms with Gasteiger partial charge in [-0.1, -0.05) is 12.1 Å². The SMILES string of the molecule is COc1ccc(CC2CCN(C(=O)c3cc(F)ccc3Br)CC2)cc1. The number of hydrogen-bond acceptors (Lipinski definition) is 2. The highest BCUT2D eigenvalue weighted by molar-refractivity contribution is 9.10. The molecule has 2 aromatic carbocycles. The summed E-state index contributed by atoms with van der Waals surface area (Å²) in [6.07, 6.45) is 2.94. The number of carbonyl (C=O) groups is 1. The molecule has 0 aliphatic carbocycles. The molecule has 1 saturated heterocycles. The van der Waals surface area contributed by atoms with Crippen molar-refractivity contribution in [3.63, 3.8) is 0 Å².